The topological polar surface area (TPSA) is 41.6 Å². The molecule has 0 saturated heterocycles. The van der Waals surface area contributed by atoms with Gasteiger partial charge in [-0.25, -0.2) is 0 Å². The van der Waals surface area contributed by atoms with Crippen LogP contribution in [0.15, 0.2) is 29.3 Å². The second-order valence-corrected chi connectivity index (χ2v) is 3.05. The van der Waals surface area contributed by atoms with Gasteiger partial charge in [0.1, 0.15) is 5.84 Å². The van der Waals surface area contributed by atoms with Crippen molar-refractivity contribution in [2.24, 2.45) is 10.7 Å². The van der Waals surface area contributed by atoms with E-state index in [0.717, 1.165) is 11.3 Å². The minimum Gasteiger partial charge on any atom is -0.384 e. The Morgan fingerprint density at radius 1 is 1.23 bits per heavy atom. The highest BCUT2D eigenvalue weighted by Gasteiger charge is 1.98. The van der Waals surface area contributed by atoms with Gasteiger partial charge in [-0.3, -0.25) is 4.99 Å². The average Bonchev–Trinajstić information content (AvgIpc) is 2.17. The summed E-state index contributed by atoms with van der Waals surface area (Å²) in [5.41, 5.74) is 7.78. The number of nitrogens with zero attached hydrogens (tertiary/aromatic N) is 2. The van der Waals surface area contributed by atoms with Crippen molar-refractivity contribution < 1.29 is 0 Å². The molecule has 0 saturated carbocycles. The Labute approximate surface area is 78.9 Å². The van der Waals surface area contributed by atoms with Crippen molar-refractivity contribution in [2.45, 2.75) is 0 Å². The Morgan fingerprint density at radius 2 is 1.77 bits per heavy atom. The van der Waals surface area contributed by atoms with E-state index < -0.39 is 0 Å². The summed E-state index contributed by atoms with van der Waals surface area (Å²) in [6.07, 6.45) is 0. The summed E-state index contributed by atoms with van der Waals surface area (Å²) >= 11 is 0. The predicted molar refractivity (Wildman–Crippen MR) is 57.4 cm³/mol. The third-order valence-corrected chi connectivity index (χ3v) is 1.92. The van der Waals surface area contributed by atoms with Crippen LogP contribution in [0.5, 0.6) is 0 Å². The van der Waals surface area contributed by atoms with Gasteiger partial charge in [0, 0.05) is 32.4 Å². The molecule has 13 heavy (non-hydrogen) atoms. The van der Waals surface area contributed by atoms with E-state index >= 15 is 0 Å². The fourth-order valence-electron chi connectivity index (χ4n) is 1.06. The van der Waals surface area contributed by atoms with Crippen LogP contribution >= 0.6 is 0 Å². The van der Waals surface area contributed by atoms with Crippen molar-refractivity contribution in [3.8, 4) is 0 Å². The van der Waals surface area contributed by atoms with Gasteiger partial charge < -0.3 is 10.6 Å². The predicted octanol–water partition coefficient (Wildman–Crippen LogP) is 1.09. The van der Waals surface area contributed by atoms with Gasteiger partial charge in [0.25, 0.3) is 0 Å². The Bertz CT molecular complexity index is 298. The van der Waals surface area contributed by atoms with Crippen molar-refractivity contribution in [1.82, 2.24) is 0 Å². The summed E-state index contributed by atoms with van der Waals surface area (Å²) in [6, 6.07) is 7.98. The van der Waals surface area contributed by atoms with Crippen LogP contribution < -0.4 is 10.6 Å². The number of anilines is 1. The Hall–Kier alpha value is -1.51. The van der Waals surface area contributed by atoms with Crippen molar-refractivity contribution in [1.29, 1.82) is 0 Å². The number of hydrogen-bond donors (Lipinski definition) is 1. The van der Waals surface area contributed by atoms with Gasteiger partial charge in [-0.05, 0) is 24.3 Å². The molecule has 0 fully saturated rings. The molecule has 70 valence electrons. The number of rotatable bonds is 2. The van der Waals surface area contributed by atoms with Crippen LogP contribution in [0.3, 0.4) is 0 Å². The van der Waals surface area contributed by atoms with Crippen molar-refractivity contribution in [3.63, 3.8) is 0 Å². The molecule has 2 N–H and O–H groups in total. The number of amidine groups is 1. The minimum atomic E-state index is 0.574. The first-order valence-corrected chi connectivity index (χ1v) is 4.15. The van der Waals surface area contributed by atoms with E-state index in [2.05, 4.69) is 4.99 Å². The van der Waals surface area contributed by atoms with Gasteiger partial charge in [-0.1, -0.05) is 0 Å². The Morgan fingerprint density at radius 3 is 2.15 bits per heavy atom. The first kappa shape index (κ1) is 9.58. The SMILES string of the molecule is CN=C(N)c1ccc(N(C)C)cc1. The van der Waals surface area contributed by atoms with Crippen molar-refractivity contribution in [3.05, 3.63) is 29.8 Å². The van der Waals surface area contributed by atoms with E-state index in [1.807, 2.05) is 43.3 Å². The molecule has 0 aliphatic heterocycles. The molecule has 0 aliphatic rings. The van der Waals surface area contributed by atoms with E-state index in [-0.39, 0.29) is 0 Å². The van der Waals surface area contributed by atoms with E-state index in [1.165, 1.54) is 0 Å². The van der Waals surface area contributed by atoms with Gasteiger partial charge in [0.15, 0.2) is 0 Å². The average molecular weight is 177 g/mol. The third kappa shape index (κ3) is 2.21. The van der Waals surface area contributed by atoms with Crippen LogP contribution in [0.4, 0.5) is 5.69 Å². The van der Waals surface area contributed by atoms with Crippen LogP contribution in [-0.4, -0.2) is 27.0 Å². The van der Waals surface area contributed by atoms with Gasteiger partial charge in [0.2, 0.25) is 0 Å². The van der Waals surface area contributed by atoms with Gasteiger partial charge in [0.05, 0.1) is 0 Å². The summed E-state index contributed by atoms with van der Waals surface area (Å²) < 4.78 is 0. The highest BCUT2D eigenvalue weighted by Crippen LogP contribution is 2.11. The van der Waals surface area contributed by atoms with Crippen LogP contribution in [0.1, 0.15) is 5.56 Å². The Kier molecular flexibility index (Phi) is 2.90. The lowest BCUT2D eigenvalue weighted by molar-refractivity contribution is 1.13. The first-order chi connectivity index (χ1) is 6.15. The van der Waals surface area contributed by atoms with E-state index in [4.69, 9.17) is 5.73 Å². The zero-order valence-corrected chi connectivity index (χ0v) is 8.28. The lowest BCUT2D eigenvalue weighted by atomic mass is 10.2. The smallest absolute Gasteiger partial charge is 0.125 e. The molecule has 3 nitrogen and oxygen atoms in total. The summed E-state index contributed by atoms with van der Waals surface area (Å²) in [5.74, 6) is 0.574. The normalized spacial score (nSPS) is 11.5. The molecule has 0 aliphatic carbocycles. The number of hydrogen-bond acceptors (Lipinski definition) is 2. The second kappa shape index (κ2) is 3.94. The number of nitrogens with two attached hydrogens (primary N) is 1. The van der Waals surface area contributed by atoms with Crippen molar-refractivity contribution in [2.75, 3.05) is 26.0 Å². The van der Waals surface area contributed by atoms with Crippen LogP contribution in [-0.2, 0) is 0 Å². The number of benzene rings is 1. The maximum absolute atomic E-state index is 5.66. The minimum absolute atomic E-state index is 0.574. The zero-order valence-electron chi connectivity index (χ0n) is 8.28. The molecule has 1 aromatic carbocycles. The molecule has 0 heterocycles. The molecule has 0 amide bonds. The van der Waals surface area contributed by atoms with Gasteiger partial charge in [-0.2, -0.15) is 0 Å². The van der Waals surface area contributed by atoms with Crippen LogP contribution in [0.25, 0.3) is 0 Å². The first-order valence-electron chi connectivity index (χ1n) is 4.15. The molecule has 3 heteroatoms. The maximum Gasteiger partial charge on any atom is 0.125 e. The maximum atomic E-state index is 5.66. The second-order valence-electron chi connectivity index (χ2n) is 3.05. The molecule has 0 unspecified atom stereocenters. The third-order valence-electron chi connectivity index (χ3n) is 1.92. The Balaban J connectivity index is 2.94. The standard InChI is InChI=1S/C10H15N3/c1-12-10(11)8-4-6-9(7-5-8)13(2)3/h4-7H,1-3H3,(H2,11,12). The zero-order chi connectivity index (χ0) is 9.84. The quantitative estimate of drug-likeness (QED) is 0.542. The molecule has 1 rings (SSSR count). The van der Waals surface area contributed by atoms with Crippen LogP contribution in [0.2, 0.25) is 0 Å². The van der Waals surface area contributed by atoms with E-state index in [1.54, 1.807) is 7.05 Å². The monoisotopic (exact) mass is 177 g/mol. The number of aliphatic imine (C=N–C) groups is 1. The molecule has 0 bridgehead atoms. The molecule has 0 radical (unpaired) electrons. The molecule has 0 aromatic heterocycles. The largest absolute Gasteiger partial charge is 0.384 e. The lowest BCUT2D eigenvalue weighted by Gasteiger charge is -2.12. The van der Waals surface area contributed by atoms with E-state index in [0.29, 0.717) is 5.84 Å². The fraction of sp³-hybridized carbons (Fsp3) is 0.300. The molecule has 0 atom stereocenters. The summed E-state index contributed by atoms with van der Waals surface area (Å²) in [6.45, 7) is 0. The molecular formula is C10H15N3. The lowest BCUT2D eigenvalue weighted by Crippen LogP contribution is -2.13. The van der Waals surface area contributed by atoms with Gasteiger partial charge >= 0.3 is 0 Å². The van der Waals surface area contributed by atoms with Crippen LogP contribution in [0, 0.1) is 0 Å². The van der Waals surface area contributed by atoms with Gasteiger partial charge in [-0.15, -0.1) is 0 Å². The highest BCUT2D eigenvalue weighted by molar-refractivity contribution is 5.97. The molecule has 0 spiro atoms. The van der Waals surface area contributed by atoms with E-state index in [9.17, 15) is 0 Å². The highest BCUT2D eigenvalue weighted by atomic mass is 15.1. The summed E-state index contributed by atoms with van der Waals surface area (Å²) in [7, 11) is 5.70. The summed E-state index contributed by atoms with van der Waals surface area (Å²) in [4.78, 5) is 5.96. The van der Waals surface area contributed by atoms with Crippen molar-refractivity contribution >= 4 is 11.5 Å². The molecular weight excluding hydrogens is 162 g/mol. The summed E-state index contributed by atoms with van der Waals surface area (Å²) in [5, 5.41) is 0. The fourth-order valence-corrected chi connectivity index (χ4v) is 1.06. The molecule has 1 aromatic rings.